The second-order valence-corrected chi connectivity index (χ2v) is 6.62. The second-order valence-electron chi connectivity index (χ2n) is 6.62. The molecule has 1 aliphatic heterocycles. The Labute approximate surface area is 133 Å². The Hall–Kier alpha value is -1.46. The molecule has 2 fully saturated rings. The Balaban J connectivity index is 1.76. The van der Waals surface area contributed by atoms with Crippen molar-refractivity contribution in [1.29, 1.82) is 0 Å². The van der Waals surface area contributed by atoms with E-state index >= 15 is 0 Å². The number of rotatable bonds is 2. The first-order chi connectivity index (χ1) is 10.5. The smallest absolute Gasteiger partial charge is 0.409 e. The first-order valence-corrected chi connectivity index (χ1v) is 8.48. The molecule has 0 aromatic rings. The lowest BCUT2D eigenvalue weighted by atomic mass is 9.80. The molecule has 6 heteroatoms. The van der Waals surface area contributed by atoms with Crippen molar-refractivity contribution in [2.75, 3.05) is 32.8 Å². The van der Waals surface area contributed by atoms with E-state index in [-0.39, 0.29) is 18.2 Å². The van der Waals surface area contributed by atoms with Gasteiger partial charge in [0, 0.05) is 32.2 Å². The third-order valence-corrected chi connectivity index (χ3v) is 4.83. The molecule has 0 spiro atoms. The molecule has 0 radical (unpaired) electrons. The highest BCUT2D eigenvalue weighted by Gasteiger charge is 2.30. The van der Waals surface area contributed by atoms with Crippen LogP contribution in [0.1, 0.15) is 40.0 Å². The van der Waals surface area contributed by atoms with Crippen LogP contribution in [-0.4, -0.2) is 60.8 Å². The van der Waals surface area contributed by atoms with Crippen molar-refractivity contribution in [3.8, 4) is 0 Å². The zero-order valence-corrected chi connectivity index (χ0v) is 14.0. The summed E-state index contributed by atoms with van der Waals surface area (Å²) in [5, 5.41) is 3.18. The third kappa shape index (κ3) is 4.27. The average Bonchev–Trinajstić information content (AvgIpc) is 2.50. The number of hydrogen-bond donors (Lipinski definition) is 1. The van der Waals surface area contributed by atoms with E-state index in [1.54, 1.807) is 16.7 Å². The lowest BCUT2D eigenvalue weighted by Gasteiger charge is -2.37. The summed E-state index contributed by atoms with van der Waals surface area (Å²) >= 11 is 0. The molecule has 3 atom stereocenters. The van der Waals surface area contributed by atoms with Crippen LogP contribution in [0.15, 0.2) is 0 Å². The Bertz CT molecular complexity index is 394. The van der Waals surface area contributed by atoms with Crippen LogP contribution in [0, 0.1) is 11.8 Å². The number of amides is 3. The second kappa shape index (κ2) is 7.70. The van der Waals surface area contributed by atoms with Gasteiger partial charge in [0.1, 0.15) is 0 Å². The number of nitrogens with zero attached hydrogens (tertiary/aromatic N) is 2. The van der Waals surface area contributed by atoms with Crippen LogP contribution >= 0.6 is 0 Å². The fraction of sp³-hybridized carbons (Fsp3) is 0.875. The van der Waals surface area contributed by atoms with Gasteiger partial charge in [-0.3, -0.25) is 0 Å². The summed E-state index contributed by atoms with van der Waals surface area (Å²) in [7, 11) is 0. The summed E-state index contributed by atoms with van der Waals surface area (Å²) in [6.07, 6.45) is 3.15. The largest absolute Gasteiger partial charge is 0.450 e. The molecule has 0 aromatic heterocycles. The van der Waals surface area contributed by atoms with Gasteiger partial charge in [0.15, 0.2) is 0 Å². The molecule has 1 aliphatic carbocycles. The number of urea groups is 1. The van der Waals surface area contributed by atoms with Crippen LogP contribution in [0.4, 0.5) is 9.59 Å². The molecule has 3 amide bonds. The van der Waals surface area contributed by atoms with Crippen molar-refractivity contribution in [2.24, 2.45) is 11.8 Å². The maximum absolute atomic E-state index is 12.4. The standard InChI is InChI=1S/C16H29N3O3/c1-4-22-16(21)19-9-7-18(8-10-19)15(20)17-14-6-5-12(2)11-13(14)3/h12-14H,4-11H2,1-3H3,(H,17,20)/t12-,13+,14+/m0/s1. The number of nitrogens with one attached hydrogen (secondary N) is 1. The van der Waals surface area contributed by atoms with Crippen molar-refractivity contribution in [1.82, 2.24) is 15.1 Å². The molecule has 1 N–H and O–H groups in total. The van der Waals surface area contributed by atoms with Gasteiger partial charge in [0.2, 0.25) is 0 Å². The minimum Gasteiger partial charge on any atom is -0.450 e. The van der Waals surface area contributed by atoms with Crippen molar-refractivity contribution in [2.45, 2.75) is 46.1 Å². The quantitative estimate of drug-likeness (QED) is 0.851. The molecule has 22 heavy (non-hydrogen) atoms. The minimum absolute atomic E-state index is 0.00918. The number of carbonyl (C=O) groups excluding carboxylic acids is 2. The van der Waals surface area contributed by atoms with Crippen LogP contribution in [0.25, 0.3) is 0 Å². The zero-order valence-electron chi connectivity index (χ0n) is 14.0. The van der Waals surface area contributed by atoms with Gasteiger partial charge in [-0.1, -0.05) is 13.8 Å². The molecule has 0 unspecified atom stereocenters. The SMILES string of the molecule is CCOC(=O)N1CCN(C(=O)N[C@@H]2CC[C@H](C)C[C@H]2C)CC1. The van der Waals surface area contributed by atoms with E-state index < -0.39 is 0 Å². The lowest BCUT2D eigenvalue weighted by Crippen LogP contribution is -2.55. The predicted octanol–water partition coefficient (Wildman–Crippen LogP) is 2.29. The summed E-state index contributed by atoms with van der Waals surface area (Å²) in [6.45, 7) is 8.92. The van der Waals surface area contributed by atoms with Gasteiger partial charge in [0.25, 0.3) is 0 Å². The number of piperazine rings is 1. The Morgan fingerprint density at radius 3 is 2.32 bits per heavy atom. The van der Waals surface area contributed by atoms with Crippen molar-refractivity contribution in [3.05, 3.63) is 0 Å². The maximum atomic E-state index is 12.4. The molecule has 2 aliphatic rings. The van der Waals surface area contributed by atoms with E-state index in [1.165, 1.54) is 12.8 Å². The third-order valence-electron chi connectivity index (χ3n) is 4.83. The van der Waals surface area contributed by atoms with E-state index in [0.29, 0.717) is 38.7 Å². The van der Waals surface area contributed by atoms with E-state index in [4.69, 9.17) is 4.74 Å². The topological polar surface area (TPSA) is 61.9 Å². The van der Waals surface area contributed by atoms with Crippen LogP contribution in [0.3, 0.4) is 0 Å². The monoisotopic (exact) mass is 311 g/mol. The maximum Gasteiger partial charge on any atom is 0.409 e. The molecule has 2 rings (SSSR count). The first kappa shape index (κ1) is 16.9. The molecular weight excluding hydrogens is 282 g/mol. The van der Waals surface area contributed by atoms with Crippen molar-refractivity contribution >= 4 is 12.1 Å². The summed E-state index contributed by atoms with van der Waals surface area (Å²) in [5.74, 6) is 1.30. The van der Waals surface area contributed by atoms with Gasteiger partial charge >= 0.3 is 12.1 Å². The molecule has 126 valence electrons. The number of carbonyl (C=O) groups is 2. The minimum atomic E-state index is -0.280. The van der Waals surface area contributed by atoms with Gasteiger partial charge in [-0.15, -0.1) is 0 Å². The average molecular weight is 311 g/mol. The lowest BCUT2D eigenvalue weighted by molar-refractivity contribution is 0.0838. The van der Waals surface area contributed by atoms with Gasteiger partial charge in [0.05, 0.1) is 6.61 Å². The zero-order chi connectivity index (χ0) is 16.1. The number of hydrogen-bond acceptors (Lipinski definition) is 3. The molecule has 1 saturated heterocycles. The van der Waals surface area contributed by atoms with Crippen molar-refractivity contribution in [3.63, 3.8) is 0 Å². The fourth-order valence-corrected chi connectivity index (χ4v) is 3.44. The summed E-state index contributed by atoms with van der Waals surface area (Å²) in [4.78, 5) is 27.5. The van der Waals surface area contributed by atoms with E-state index in [2.05, 4.69) is 19.2 Å². The van der Waals surface area contributed by atoms with E-state index in [9.17, 15) is 9.59 Å². The summed E-state index contributed by atoms with van der Waals surface area (Å²) in [6, 6.07) is 0.293. The molecule has 1 heterocycles. The van der Waals surface area contributed by atoms with Gasteiger partial charge in [-0.25, -0.2) is 9.59 Å². The highest BCUT2D eigenvalue weighted by molar-refractivity contribution is 5.75. The highest BCUT2D eigenvalue weighted by atomic mass is 16.6. The van der Waals surface area contributed by atoms with Crippen LogP contribution < -0.4 is 5.32 Å². The summed E-state index contributed by atoms with van der Waals surface area (Å²) < 4.78 is 4.99. The predicted molar refractivity (Wildman–Crippen MR) is 84.7 cm³/mol. The Kier molecular flexibility index (Phi) is 5.91. The molecule has 0 bridgehead atoms. The molecular formula is C16H29N3O3. The fourth-order valence-electron chi connectivity index (χ4n) is 3.44. The molecule has 6 nitrogen and oxygen atoms in total. The number of ether oxygens (including phenoxy) is 1. The van der Waals surface area contributed by atoms with Crippen LogP contribution in [-0.2, 0) is 4.74 Å². The van der Waals surface area contributed by atoms with Gasteiger partial charge in [-0.2, -0.15) is 0 Å². The van der Waals surface area contributed by atoms with Crippen molar-refractivity contribution < 1.29 is 14.3 Å². The van der Waals surface area contributed by atoms with E-state index in [0.717, 1.165) is 12.3 Å². The Morgan fingerprint density at radius 2 is 1.73 bits per heavy atom. The van der Waals surface area contributed by atoms with E-state index in [1.807, 2.05) is 0 Å². The van der Waals surface area contributed by atoms with Crippen LogP contribution in [0.2, 0.25) is 0 Å². The normalized spacial score (nSPS) is 29.1. The first-order valence-electron chi connectivity index (χ1n) is 8.48. The van der Waals surface area contributed by atoms with Gasteiger partial charge in [-0.05, 0) is 38.0 Å². The molecule has 1 saturated carbocycles. The van der Waals surface area contributed by atoms with Crippen LogP contribution in [0.5, 0.6) is 0 Å². The molecule has 0 aromatic carbocycles. The summed E-state index contributed by atoms with van der Waals surface area (Å²) in [5.41, 5.74) is 0. The Morgan fingerprint density at radius 1 is 1.09 bits per heavy atom. The van der Waals surface area contributed by atoms with Gasteiger partial charge < -0.3 is 19.9 Å². The highest BCUT2D eigenvalue weighted by Crippen LogP contribution is 2.28.